The number of hydrogen-bond acceptors (Lipinski definition) is 2. The van der Waals surface area contributed by atoms with Crippen molar-refractivity contribution < 1.29 is 27.0 Å². The monoisotopic (exact) mass is 518 g/mol. The van der Waals surface area contributed by atoms with Crippen LogP contribution in [-0.2, 0) is 15.9 Å². The third-order valence-electron chi connectivity index (χ3n) is 8.61. The molecule has 4 atom stereocenters. The van der Waals surface area contributed by atoms with Gasteiger partial charge in [0.05, 0.1) is 25.4 Å². The molecule has 0 amide bonds. The Hall–Kier alpha value is -1.92. The van der Waals surface area contributed by atoms with Gasteiger partial charge in [0.1, 0.15) is 0 Å². The average molecular weight is 519 g/mol. The highest BCUT2D eigenvalue weighted by atomic mass is 19.2. The molecule has 3 aliphatic rings. The molecule has 202 valence electrons. The number of unbranched alkanes of at least 4 members (excludes halogenated alkanes) is 2. The van der Waals surface area contributed by atoms with E-state index in [4.69, 9.17) is 9.47 Å². The van der Waals surface area contributed by atoms with Crippen LogP contribution >= 0.6 is 0 Å². The van der Waals surface area contributed by atoms with E-state index in [1.54, 1.807) is 12.1 Å². The van der Waals surface area contributed by atoms with Gasteiger partial charge in [-0.1, -0.05) is 39.5 Å². The minimum Gasteiger partial charge on any atom is -0.373 e. The van der Waals surface area contributed by atoms with Gasteiger partial charge in [0.25, 0.3) is 0 Å². The zero-order chi connectivity index (χ0) is 26.1. The van der Waals surface area contributed by atoms with Gasteiger partial charge in [-0.05, 0) is 80.0 Å². The fourth-order valence-electron chi connectivity index (χ4n) is 6.54. The third-order valence-corrected chi connectivity index (χ3v) is 8.61. The Balaban J connectivity index is 1.37. The number of ether oxygens (including phenoxy) is 2. The van der Waals surface area contributed by atoms with Gasteiger partial charge in [0, 0.05) is 22.3 Å². The van der Waals surface area contributed by atoms with Crippen molar-refractivity contribution in [3.63, 3.8) is 0 Å². The van der Waals surface area contributed by atoms with E-state index in [1.807, 2.05) is 0 Å². The summed E-state index contributed by atoms with van der Waals surface area (Å²) < 4.78 is 73.3. The second-order valence-corrected chi connectivity index (χ2v) is 11.2. The predicted molar refractivity (Wildman–Crippen MR) is 136 cm³/mol. The second-order valence-electron chi connectivity index (χ2n) is 11.2. The largest absolute Gasteiger partial charge is 0.373 e. The van der Waals surface area contributed by atoms with E-state index in [0.717, 1.165) is 44.9 Å². The second kappa shape index (κ2) is 11.4. The van der Waals surface area contributed by atoms with Crippen molar-refractivity contribution in [2.24, 2.45) is 11.8 Å². The van der Waals surface area contributed by atoms with Crippen molar-refractivity contribution in [1.82, 2.24) is 0 Å². The first-order valence-electron chi connectivity index (χ1n) is 14.2. The highest BCUT2D eigenvalue weighted by molar-refractivity contribution is 5.79. The molecule has 0 N–H and O–H groups in total. The van der Waals surface area contributed by atoms with Crippen LogP contribution in [0.1, 0.15) is 113 Å². The lowest BCUT2D eigenvalue weighted by molar-refractivity contribution is -0.0218. The Bertz CT molecular complexity index is 1120. The van der Waals surface area contributed by atoms with Gasteiger partial charge in [0.15, 0.2) is 23.3 Å². The van der Waals surface area contributed by atoms with Gasteiger partial charge >= 0.3 is 0 Å². The molecular formula is C31H38F4O2. The molecule has 0 radical (unpaired) electrons. The summed E-state index contributed by atoms with van der Waals surface area (Å²) in [5, 5.41) is 0. The summed E-state index contributed by atoms with van der Waals surface area (Å²) in [6.45, 7) is 5.36. The van der Waals surface area contributed by atoms with Crippen LogP contribution in [0.3, 0.4) is 0 Å². The highest BCUT2D eigenvalue weighted by Crippen LogP contribution is 2.47. The third kappa shape index (κ3) is 5.21. The summed E-state index contributed by atoms with van der Waals surface area (Å²) >= 11 is 0. The first-order valence-corrected chi connectivity index (χ1v) is 14.2. The fourth-order valence-corrected chi connectivity index (χ4v) is 6.54. The Morgan fingerprint density at radius 1 is 0.649 bits per heavy atom. The molecule has 2 aliphatic heterocycles. The minimum atomic E-state index is -1.11. The van der Waals surface area contributed by atoms with Crippen molar-refractivity contribution in [1.29, 1.82) is 0 Å². The summed E-state index contributed by atoms with van der Waals surface area (Å²) in [6, 6.07) is 3.22. The minimum absolute atomic E-state index is 0.153. The van der Waals surface area contributed by atoms with E-state index in [-0.39, 0.29) is 28.7 Å². The molecule has 2 nitrogen and oxygen atoms in total. The van der Waals surface area contributed by atoms with Crippen LogP contribution in [0.25, 0.3) is 11.1 Å². The molecule has 2 aromatic rings. The maximum Gasteiger partial charge on any atom is 0.167 e. The molecule has 0 saturated carbocycles. The van der Waals surface area contributed by atoms with Crippen molar-refractivity contribution >= 4 is 0 Å². The molecule has 37 heavy (non-hydrogen) atoms. The zero-order valence-corrected chi connectivity index (χ0v) is 22.0. The molecule has 0 aromatic heterocycles. The molecule has 5 rings (SSSR count). The lowest BCUT2D eigenvalue weighted by Gasteiger charge is -2.30. The lowest BCUT2D eigenvalue weighted by Crippen LogP contribution is -2.22. The number of fused-ring (bicyclic) bond motifs is 3. The topological polar surface area (TPSA) is 18.5 Å². The van der Waals surface area contributed by atoms with Gasteiger partial charge < -0.3 is 9.47 Å². The van der Waals surface area contributed by atoms with E-state index in [0.29, 0.717) is 49.0 Å². The van der Waals surface area contributed by atoms with Crippen LogP contribution in [0.4, 0.5) is 17.6 Å². The van der Waals surface area contributed by atoms with Crippen molar-refractivity contribution in [2.75, 3.05) is 13.2 Å². The normalized spacial score (nSPS) is 25.2. The Labute approximate surface area is 217 Å². The number of hydrogen-bond donors (Lipinski definition) is 0. The maximum absolute atomic E-state index is 15.4. The van der Waals surface area contributed by atoms with E-state index >= 15 is 17.6 Å². The van der Waals surface area contributed by atoms with Crippen LogP contribution < -0.4 is 0 Å². The summed E-state index contributed by atoms with van der Waals surface area (Å²) in [5.41, 5.74) is 1.04. The van der Waals surface area contributed by atoms with Gasteiger partial charge in [0.2, 0.25) is 0 Å². The van der Waals surface area contributed by atoms with Crippen LogP contribution in [0.15, 0.2) is 12.1 Å². The molecule has 2 heterocycles. The summed E-state index contributed by atoms with van der Waals surface area (Å²) in [7, 11) is 0. The molecule has 1 aliphatic carbocycles. The van der Waals surface area contributed by atoms with Gasteiger partial charge in [-0.25, -0.2) is 17.6 Å². The van der Waals surface area contributed by atoms with E-state index < -0.39 is 35.5 Å². The lowest BCUT2D eigenvalue weighted by atomic mass is 9.89. The first-order chi connectivity index (χ1) is 17.9. The summed E-state index contributed by atoms with van der Waals surface area (Å²) in [5.74, 6) is -3.36. The average Bonchev–Trinajstić information content (AvgIpc) is 3.28. The molecular weight excluding hydrogens is 480 g/mol. The van der Waals surface area contributed by atoms with Crippen LogP contribution in [0.5, 0.6) is 0 Å². The number of benzene rings is 2. The predicted octanol–water partition coefficient (Wildman–Crippen LogP) is 9.13. The highest BCUT2D eigenvalue weighted by Gasteiger charge is 2.36. The molecule has 6 heteroatoms. The number of halogens is 4. The maximum atomic E-state index is 15.4. The molecule has 4 unspecified atom stereocenters. The first kappa shape index (κ1) is 26.7. The molecule has 2 fully saturated rings. The summed E-state index contributed by atoms with van der Waals surface area (Å²) in [4.78, 5) is 0. The van der Waals surface area contributed by atoms with E-state index in [1.165, 1.54) is 6.42 Å². The van der Waals surface area contributed by atoms with Crippen molar-refractivity contribution in [2.45, 2.75) is 96.7 Å². The molecule has 2 saturated heterocycles. The van der Waals surface area contributed by atoms with E-state index in [2.05, 4.69) is 13.8 Å². The molecule has 0 bridgehead atoms. The van der Waals surface area contributed by atoms with Gasteiger partial charge in [-0.3, -0.25) is 0 Å². The van der Waals surface area contributed by atoms with Gasteiger partial charge in [-0.2, -0.15) is 0 Å². The van der Waals surface area contributed by atoms with Crippen molar-refractivity contribution in [3.05, 3.63) is 57.7 Å². The zero-order valence-electron chi connectivity index (χ0n) is 22.0. The standard InChI is InChI=1S/C31H38F4O2/c1-3-5-6-8-19-10-12-25(37-17-19)23-15-21-13-20-14-22(24-11-9-18(7-4-2)16-36-24)28(32)30(34)26(20)27(21)31(35)29(23)33/h14-15,18-19,24-25H,3-13,16-17H2,1-2H3. The quantitative estimate of drug-likeness (QED) is 0.219. The summed E-state index contributed by atoms with van der Waals surface area (Å²) in [6.07, 6.45) is 8.99. The SMILES string of the molecule is CCCCCC1CCC(c2cc3c(c(F)c2F)-c2c(cc(C4CCC(CCC)CO4)c(F)c2F)C3)OC1. The Morgan fingerprint density at radius 2 is 1.16 bits per heavy atom. The number of rotatable bonds is 8. The van der Waals surface area contributed by atoms with Gasteiger partial charge in [-0.15, -0.1) is 0 Å². The van der Waals surface area contributed by atoms with Crippen molar-refractivity contribution in [3.8, 4) is 11.1 Å². The van der Waals surface area contributed by atoms with Crippen LogP contribution in [-0.4, -0.2) is 13.2 Å². The molecule has 0 spiro atoms. The van der Waals surface area contributed by atoms with E-state index in [9.17, 15) is 0 Å². The Morgan fingerprint density at radius 3 is 1.59 bits per heavy atom. The van der Waals surface area contributed by atoms with Crippen LogP contribution in [0.2, 0.25) is 0 Å². The molecule has 2 aromatic carbocycles. The smallest absolute Gasteiger partial charge is 0.167 e. The van der Waals surface area contributed by atoms with Crippen LogP contribution in [0, 0.1) is 35.1 Å². The Kier molecular flexibility index (Phi) is 8.25. The fraction of sp³-hybridized carbons (Fsp3) is 0.613.